The number of amides is 1. The molecule has 1 aliphatic heterocycles. The van der Waals surface area contributed by atoms with E-state index in [-0.39, 0.29) is 5.41 Å². The number of rotatable bonds is 7. The number of carbonyl (C=O) groups is 1. The molecule has 0 radical (unpaired) electrons. The van der Waals surface area contributed by atoms with Crippen molar-refractivity contribution in [3.8, 4) is 0 Å². The lowest BCUT2D eigenvalue weighted by Gasteiger charge is -2.34. The molecule has 1 amide bonds. The molecule has 4 nitrogen and oxygen atoms in total. The van der Waals surface area contributed by atoms with Gasteiger partial charge in [0, 0.05) is 26.1 Å². The van der Waals surface area contributed by atoms with Crippen LogP contribution in [0, 0.1) is 11.3 Å². The van der Waals surface area contributed by atoms with Crippen molar-refractivity contribution in [2.75, 3.05) is 40.3 Å². The van der Waals surface area contributed by atoms with Crippen LogP contribution in [-0.4, -0.2) is 56.0 Å². The molecule has 0 atom stereocenters. The van der Waals surface area contributed by atoms with Crippen LogP contribution in [0.5, 0.6) is 0 Å². The second-order valence-electron chi connectivity index (χ2n) is 7.29. The van der Waals surface area contributed by atoms with E-state index in [1.165, 1.54) is 0 Å². The van der Waals surface area contributed by atoms with Crippen LogP contribution in [0.25, 0.3) is 0 Å². The molecule has 1 rings (SSSR count). The molecule has 0 aliphatic carbocycles. The summed E-state index contributed by atoms with van der Waals surface area (Å²) < 4.78 is 0. The fourth-order valence-electron chi connectivity index (χ4n) is 3.00. The lowest BCUT2D eigenvalue weighted by atomic mass is 9.84. The van der Waals surface area contributed by atoms with Crippen molar-refractivity contribution in [2.24, 2.45) is 17.1 Å². The molecule has 0 spiro atoms. The van der Waals surface area contributed by atoms with Crippen LogP contribution in [0.2, 0.25) is 0 Å². The van der Waals surface area contributed by atoms with Gasteiger partial charge >= 0.3 is 0 Å². The molecule has 0 unspecified atom stereocenters. The topological polar surface area (TPSA) is 49.6 Å². The van der Waals surface area contributed by atoms with E-state index in [4.69, 9.17) is 5.73 Å². The molecule has 1 aliphatic rings. The number of nitrogens with two attached hydrogens (primary N) is 1. The quantitative estimate of drug-likeness (QED) is 0.777. The summed E-state index contributed by atoms with van der Waals surface area (Å²) in [6, 6.07) is 0. The summed E-state index contributed by atoms with van der Waals surface area (Å²) in [5.41, 5.74) is 5.81. The molecule has 0 bridgehead atoms. The minimum absolute atomic E-state index is 0.188. The number of likely N-dealkylation sites (tertiary alicyclic amines) is 1. The highest BCUT2D eigenvalue weighted by Gasteiger charge is 2.25. The van der Waals surface area contributed by atoms with E-state index in [9.17, 15) is 4.79 Å². The normalized spacial score (nSPS) is 17.8. The number of piperidine rings is 1. The first-order valence-electron chi connectivity index (χ1n) is 7.96. The minimum atomic E-state index is 0.188. The van der Waals surface area contributed by atoms with Crippen molar-refractivity contribution in [3.63, 3.8) is 0 Å². The summed E-state index contributed by atoms with van der Waals surface area (Å²) in [4.78, 5) is 16.6. The Labute approximate surface area is 124 Å². The third-order valence-corrected chi connectivity index (χ3v) is 4.43. The Morgan fingerprint density at radius 1 is 1.25 bits per heavy atom. The van der Waals surface area contributed by atoms with Gasteiger partial charge in [0.15, 0.2) is 0 Å². The van der Waals surface area contributed by atoms with E-state index in [2.05, 4.69) is 37.7 Å². The molecule has 1 saturated heterocycles. The van der Waals surface area contributed by atoms with Crippen molar-refractivity contribution in [1.29, 1.82) is 0 Å². The lowest BCUT2D eigenvalue weighted by molar-refractivity contribution is -0.133. The van der Waals surface area contributed by atoms with E-state index >= 15 is 0 Å². The molecule has 0 aromatic rings. The van der Waals surface area contributed by atoms with Crippen molar-refractivity contribution in [2.45, 2.75) is 46.0 Å². The van der Waals surface area contributed by atoms with Gasteiger partial charge in [-0.2, -0.15) is 0 Å². The molecule has 2 N–H and O–H groups in total. The first-order valence-corrected chi connectivity index (χ1v) is 7.96. The highest BCUT2D eigenvalue weighted by Crippen LogP contribution is 2.27. The van der Waals surface area contributed by atoms with Crippen LogP contribution in [0.1, 0.15) is 46.0 Å². The largest absolute Gasteiger partial charge is 0.343 e. The molecule has 20 heavy (non-hydrogen) atoms. The Morgan fingerprint density at radius 3 is 2.35 bits per heavy atom. The molecule has 118 valence electrons. The predicted molar refractivity (Wildman–Crippen MR) is 84.5 cm³/mol. The van der Waals surface area contributed by atoms with Crippen molar-refractivity contribution < 1.29 is 4.79 Å². The van der Waals surface area contributed by atoms with Crippen LogP contribution >= 0.6 is 0 Å². The van der Waals surface area contributed by atoms with Gasteiger partial charge in [-0.15, -0.1) is 0 Å². The second-order valence-corrected chi connectivity index (χ2v) is 7.29. The second kappa shape index (κ2) is 7.99. The van der Waals surface area contributed by atoms with Gasteiger partial charge in [-0.3, -0.25) is 4.79 Å². The fourth-order valence-corrected chi connectivity index (χ4v) is 3.00. The van der Waals surface area contributed by atoms with Crippen LogP contribution < -0.4 is 5.73 Å². The van der Waals surface area contributed by atoms with Gasteiger partial charge < -0.3 is 15.5 Å². The average Bonchev–Trinajstić information content (AvgIpc) is 2.36. The molecule has 1 fully saturated rings. The first kappa shape index (κ1) is 17.4. The number of hydrogen-bond donors (Lipinski definition) is 1. The zero-order valence-corrected chi connectivity index (χ0v) is 13.8. The minimum Gasteiger partial charge on any atom is -0.343 e. The third-order valence-electron chi connectivity index (χ3n) is 4.43. The maximum atomic E-state index is 12.3. The Bertz CT molecular complexity index is 294. The third kappa shape index (κ3) is 6.23. The van der Waals surface area contributed by atoms with Gasteiger partial charge in [0.25, 0.3) is 0 Å². The molecular weight excluding hydrogens is 250 g/mol. The Morgan fingerprint density at radius 2 is 1.85 bits per heavy atom. The highest BCUT2D eigenvalue weighted by molar-refractivity contribution is 5.76. The maximum absolute atomic E-state index is 12.3. The summed E-state index contributed by atoms with van der Waals surface area (Å²) in [6.07, 6.45) is 4.91. The summed E-state index contributed by atoms with van der Waals surface area (Å²) >= 11 is 0. The summed E-state index contributed by atoms with van der Waals surface area (Å²) in [5, 5.41) is 0. The number of hydrogen-bond acceptors (Lipinski definition) is 3. The number of carbonyl (C=O) groups excluding carboxylic acids is 1. The van der Waals surface area contributed by atoms with Gasteiger partial charge in [0.2, 0.25) is 5.91 Å². The first-order chi connectivity index (χ1) is 9.34. The zero-order chi connectivity index (χ0) is 15.2. The van der Waals surface area contributed by atoms with Crippen LogP contribution in [-0.2, 0) is 4.79 Å². The number of nitrogens with zero attached hydrogens (tertiary/aromatic N) is 2. The molecule has 0 saturated carbocycles. The molecular formula is C16H33N3O. The highest BCUT2D eigenvalue weighted by atomic mass is 16.2. The summed E-state index contributed by atoms with van der Waals surface area (Å²) in [7, 11) is 4.24. The van der Waals surface area contributed by atoms with Crippen molar-refractivity contribution in [3.05, 3.63) is 0 Å². The predicted octanol–water partition coefficient (Wildman–Crippen LogP) is 1.94. The van der Waals surface area contributed by atoms with E-state index in [0.29, 0.717) is 18.9 Å². The Kier molecular flexibility index (Phi) is 6.96. The van der Waals surface area contributed by atoms with Crippen LogP contribution in [0.15, 0.2) is 0 Å². The van der Waals surface area contributed by atoms with Gasteiger partial charge in [-0.1, -0.05) is 13.8 Å². The van der Waals surface area contributed by atoms with Gasteiger partial charge in [-0.25, -0.2) is 0 Å². The monoisotopic (exact) mass is 283 g/mol. The van der Waals surface area contributed by atoms with E-state index < -0.39 is 0 Å². The molecule has 0 aromatic carbocycles. The smallest absolute Gasteiger partial charge is 0.222 e. The molecule has 0 aromatic heterocycles. The van der Waals surface area contributed by atoms with Gasteiger partial charge in [0.05, 0.1) is 0 Å². The van der Waals surface area contributed by atoms with Crippen molar-refractivity contribution >= 4 is 5.91 Å². The van der Waals surface area contributed by atoms with Crippen molar-refractivity contribution in [1.82, 2.24) is 9.80 Å². The van der Waals surface area contributed by atoms with E-state index in [1.54, 1.807) is 0 Å². The zero-order valence-electron chi connectivity index (χ0n) is 13.8. The fraction of sp³-hybridized carbons (Fsp3) is 0.938. The van der Waals surface area contributed by atoms with Crippen LogP contribution in [0.3, 0.4) is 0 Å². The molecule has 1 heterocycles. The van der Waals surface area contributed by atoms with E-state index in [1.807, 2.05) is 0 Å². The summed E-state index contributed by atoms with van der Waals surface area (Å²) in [5.74, 6) is 1.08. The molecule has 4 heteroatoms. The average molecular weight is 283 g/mol. The van der Waals surface area contributed by atoms with E-state index in [0.717, 1.165) is 51.2 Å². The SMILES string of the molecule is CN(C)CC1CCN(C(=O)CCC(C)(C)CCN)CC1. The standard InChI is InChI=1S/C16H33N3O/c1-16(2,9-10-17)8-5-15(20)19-11-6-14(7-12-19)13-18(3)4/h14H,5-13,17H2,1-4H3. The Hall–Kier alpha value is -0.610. The van der Waals surface area contributed by atoms with Crippen LogP contribution in [0.4, 0.5) is 0 Å². The van der Waals surface area contributed by atoms with Gasteiger partial charge in [-0.05, 0) is 57.7 Å². The lowest BCUT2D eigenvalue weighted by Crippen LogP contribution is -2.40. The van der Waals surface area contributed by atoms with Gasteiger partial charge in [0.1, 0.15) is 0 Å². The maximum Gasteiger partial charge on any atom is 0.222 e. The Balaban J connectivity index is 2.29. The summed E-state index contributed by atoms with van der Waals surface area (Å²) in [6.45, 7) is 8.14.